The molecule has 0 aliphatic rings. The smallest absolute Gasteiger partial charge is 0.262 e. The van der Waals surface area contributed by atoms with Crippen molar-refractivity contribution in [2.45, 2.75) is 0 Å². The standard InChI is InChI=1S/C20H14ClN3O3S/c1-26-16-7-2-4-12-10-15(18(25)24-20-22-8-9-28-20)19(27-17(12)16)23-14-6-3-5-13(21)11-14/h2-11H,1H3,(H,22,24,25). The first-order chi connectivity index (χ1) is 13.6. The van der Waals surface area contributed by atoms with E-state index in [0.29, 0.717) is 32.6 Å². The molecule has 2 aromatic heterocycles. The highest BCUT2D eigenvalue weighted by Crippen LogP contribution is 2.25. The normalized spacial score (nSPS) is 11.6. The number of nitrogens with zero attached hydrogens (tertiary/aromatic N) is 2. The molecule has 0 atom stereocenters. The Labute approximate surface area is 169 Å². The van der Waals surface area contributed by atoms with Gasteiger partial charge in [-0.15, -0.1) is 11.3 Å². The summed E-state index contributed by atoms with van der Waals surface area (Å²) in [4.78, 5) is 21.4. The van der Waals surface area contributed by atoms with Crippen molar-refractivity contribution in [2.75, 3.05) is 12.4 Å². The average molecular weight is 412 g/mol. The summed E-state index contributed by atoms with van der Waals surface area (Å²) in [5, 5.41) is 6.28. The third-order valence-corrected chi connectivity index (χ3v) is 4.82. The lowest BCUT2D eigenvalue weighted by Crippen LogP contribution is -2.21. The molecule has 0 bridgehead atoms. The molecule has 0 radical (unpaired) electrons. The van der Waals surface area contributed by atoms with Gasteiger partial charge in [-0.3, -0.25) is 10.1 Å². The van der Waals surface area contributed by atoms with E-state index in [9.17, 15) is 4.79 Å². The Kier molecular flexibility index (Phi) is 5.10. The Bertz CT molecular complexity index is 1220. The van der Waals surface area contributed by atoms with Crippen molar-refractivity contribution < 1.29 is 13.9 Å². The van der Waals surface area contributed by atoms with E-state index in [0.717, 1.165) is 0 Å². The molecule has 1 N–H and O–H groups in total. The lowest BCUT2D eigenvalue weighted by Gasteiger charge is -2.07. The van der Waals surface area contributed by atoms with Gasteiger partial charge < -0.3 is 9.15 Å². The monoisotopic (exact) mass is 411 g/mol. The van der Waals surface area contributed by atoms with Crippen LogP contribution in [-0.2, 0) is 0 Å². The van der Waals surface area contributed by atoms with Crippen LogP contribution in [0.2, 0.25) is 5.02 Å². The zero-order valence-electron chi connectivity index (χ0n) is 14.7. The molecular formula is C20H14ClN3O3S. The average Bonchev–Trinajstić information content (AvgIpc) is 3.20. The van der Waals surface area contributed by atoms with Crippen molar-refractivity contribution in [3.63, 3.8) is 0 Å². The maximum Gasteiger partial charge on any atom is 0.262 e. The third-order valence-electron chi connectivity index (χ3n) is 3.89. The summed E-state index contributed by atoms with van der Waals surface area (Å²) in [6.45, 7) is 0. The summed E-state index contributed by atoms with van der Waals surface area (Å²) >= 11 is 7.38. The SMILES string of the molecule is COc1cccc2cc(C(=O)Nc3nccs3)c(=Nc3cccc(Cl)c3)oc12. The zero-order chi connectivity index (χ0) is 19.5. The van der Waals surface area contributed by atoms with Gasteiger partial charge in [0.2, 0.25) is 5.55 Å². The highest BCUT2D eigenvalue weighted by Gasteiger charge is 2.15. The number of aromatic nitrogens is 1. The maximum absolute atomic E-state index is 12.9. The van der Waals surface area contributed by atoms with Gasteiger partial charge in [0.15, 0.2) is 16.5 Å². The molecule has 0 saturated carbocycles. The number of nitrogens with one attached hydrogen (secondary N) is 1. The van der Waals surface area contributed by atoms with Crippen LogP contribution < -0.4 is 15.6 Å². The molecular weight excluding hydrogens is 398 g/mol. The van der Waals surface area contributed by atoms with Crippen LogP contribution in [0.4, 0.5) is 10.8 Å². The molecule has 8 heteroatoms. The Morgan fingerprint density at radius 3 is 2.86 bits per heavy atom. The quantitative estimate of drug-likeness (QED) is 0.510. The van der Waals surface area contributed by atoms with E-state index in [1.807, 2.05) is 12.1 Å². The number of methoxy groups -OCH3 is 1. The van der Waals surface area contributed by atoms with Crippen molar-refractivity contribution in [1.82, 2.24) is 4.98 Å². The highest BCUT2D eigenvalue weighted by molar-refractivity contribution is 7.13. The first-order valence-electron chi connectivity index (χ1n) is 8.26. The van der Waals surface area contributed by atoms with E-state index >= 15 is 0 Å². The third kappa shape index (κ3) is 3.76. The van der Waals surface area contributed by atoms with Crippen LogP contribution in [-0.4, -0.2) is 18.0 Å². The molecule has 0 saturated heterocycles. The van der Waals surface area contributed by atoms with Gasteiger partial charge in [-0.2, -0.15) is 0 Å². The van der Waals surface area contributed by atoms with Gasteiger partial charge in [0.25, 0.3) is 5.91 Å². The number of carbonyl (C=O) groups is 1. The van der Waals surface area contributed by atoms with Crippen LogP contribution in [0.5, 0.6) is 5.75 Å². The molecule has 0 aliphatic heterocycles. The number of hydrogen-bond acceptors (Lipinski definition) is 6. The lowest BCUT2D eigenvalue weighted by molar-refractivity contribution is 0.102. The number of ether oxygens (including phenoxy) is 1. The van der Waals surface area contributed by atoms with Gasteiger partial charge in [0, 0.05) is 22.0 Å². The molecule has 1 amide bonds. The number of para-hydroxylation sites is 1. The van der Waals surface area contributed by atoms with Crippen LogP contribution in [0.1, 0.15) is 10.4 Å². The number of anilines is 1. The molecule has 4 rings (SSSR count). The van der Waals surface area contributed by atoms with Crippen LogP contribution in [0.15, 0.2) is 69.5 Å². The van der Waals surface area contributed by atoms with Gasteiger partial charge in [-0.25, -0.2) is 9.98 Å². The van der Waals surface area contributed by atoms with Crippen molar-refractivity contribution >= 4 is 50.6 Å². The molecule has 2 heterocycles. The van der Waals surface area contributed by atoms with E-state index < -0.39 is 0 Å². The van der Waals surface area contributed by atoms with Crippen LogP contribution in [0, 0.1) is 0 Å². The summed E-state index contributed by atoms with van der Waals surface area (Å²) in [5.41, 5.74) is 1.48. The van der Waals surface area contributed by atoms with Gasteiger partial charge in [0.05, 0.1) is 12.8 Å². The second-order valence-corrected chi connectivity index (χ2v) is 7.06. The maximum atomic E-state index is 12.9. The first-order valence-corrected chi connectivity index (χ1v) is 9.52. The number of fused-ring (bicyclic) bond motifs is 1. The van der Waals surface area contributed by atoms with Crippen LogP contribution >= 0.6 is 22.9 Å². The Hall–Kier alpha value is -3.16. The minimum Gasteiger partial charge on any atom is -0.493 e. The first kappa shape index (κ1) is 18.2. The fourth-order valence-corrected chi connectivity index (χ4v) is 3.35. The van der Waals surface area contributed by atoms with Crippen molar-refractivity contribution in [2.24, 2.45) is 4.99 Å². The number of rotatable bonds is 4. The van der Waals surface area contributed by atoms with Gasteiger partial charge >= 0.3 is 0 Å². The van der Waals surface area contributed by atoms with Gasteiger partial charge in [-0.1, -0.05) is 29.8 Å². The summed E-state index contributed by atoms with van der Waals surface area (Å²) in [6, 6.07) is 14.1. The number of hydrogen-bond donors (Lipinski definition) is 1. The second kappa shape index (κ2) is 7.84. The molecule has 28 heavy (non-hydrogen) atoms. The molecule has 0 aliphatic carbocycles. The van der Waals surface area contributed by atoms with Crippen LogP contribution in [0.25, 0.3) is 11.0 Å². The van der Waals surface area contributed by atoms with E-state index in [-0.39, 0.29) is 17.0 Å². The molecule has 140 valence electrons. The number of thiazole rings is 1. The lowest BCUT2D eigenvalue weighted by atomic mass is 10.1. The van der Waals surface area contributed by atoms with E-state index in [1.165, 1.54) is 11.3 Å². The molecule has 2 aromatic carbocycles. The molecule has 6 nitrogen and oxygen atoms in total. The fraction of sp³-hybridized carbons (Fsp3) is 0.0500. The largest absolute Gasteiger partial charge is 0.493 e. The number of benzene rings is 2. The summed E-state index contributed by atoms with van der Waals surface area (Å²) < 4.78 is 11.4. The van der Waals surface area contributed by atoms with Gasteiger partial charge in [0.1, 0.15) is 5.56 Å². The number of carbonyl (C=O) groups excluding carboxylic acids is 1. The minimum absolute atomic E-state index is 0.147. The minimum atomic E-state index is -0.371. The molecule has 4 aromatic rings. The Morgan fingerprint density at radius 2 is 2.11 bits per heavy atom. The van der Waals surface area contributed by atoms with Gasteiger partial charge in [-0.05, 0) is 30.3 Å². The second-order valence-electron chi connectivity index (χ2n) is 5.73. The topological polar surface area (TPSA) is 76.7 Å². The number of amides is 1. The van der Waals surface area contributed by atoms with E-state index in [4.69, 9.17) is 20.8 Å². The van der Waals surface area contributed by atoms with Crippen molar-refractivity contribution in [3.05, 3.63) is 76.2 Å². The Balaban J connectivity index is 1.92. The summed E-state index contributed by atoms with van der Waals surface area (Å²) in [7, 11) is 1.56. The predicted octanol–water partition coefficient (Wildman–Crippen LogP) is 5.04. The molecule has 0 spiro atoms. The summed E-state index contributed by atoms with van der Waals surface area (Å²) in [5.74, 6) is 0.177. The van der Waals surface area contributed by atoms with E-state index in [1.54, 1.807) is 55.1 Å². The highest BCUT2D eigenvalue weighted by atomic mass is 35.5. The fourth-order valence-electron chi connectivity index (χ4n) is 2.64. The van der Waals surface area contributed by atoms with Crippen molar-refractivity contribution in [3.8, 4) is 5.75 Å². The Morgan fingerprint density at radius 1 is 1.25 bits per heavy atom. The zero-order valence-corrected chi connectivity index (χ0v) is 16.3. The summed E-state index contributed by atoms with van der Waals surface area (Å²) in [6.07, 6.45) is 1.62. The predicted molar refractivity (Wildman–Crippen MR) is 110 cm³/mol. The van der Waals surface area contributed by atoms with Crippen LogP contribution in [0.3, 0.4) is 0 Å². The number of halogens is 1. The molecule has 0 fully saturated rings. The van der Waals surface area contributed by atoms with Crippen molar-refractivity contribution in [1.29, 1.82) is 0 Å². The van der Waals surface area contributed by atoms with E-state index in [2.05, 4.69) is 15.3 Å². The molecule has 0 unspecified atom stereocenters.